The van der Waals surface area contributed by atoms with E-state index in [2.05, 4.69) is 0 Å². The molecule has 1 aliphatic heterocycles. The maximum absolute atomic E-state index is 12.5. The van der Waals surface area contributed by atoms with Gasteiger partial charge in [-0.2, -0.15) is 0 Å². The summed E-state index contributed by atoms with van der Waals surface area (Å²) in [5.74, 6) is 3.36. The molecule has 1 aliphatic rings. The van der Waals surface area contributed by atoms with Crippen molar-refractivity contribution < 1.29 is 23.7 Å². The fraction of sp³-hybridized carbons (Fsp3) is 0.381. The van der Waals surface area contributed by atoms with Crippen LogP contribution in [-0.2, 0) is 11.2 Å². The third-order valence-corrected chi connectivity index (χ3v) is 6.01. The van der Waals surface area contributed by atoms with E-state index in [1.807, 2.05) is 41.3 Å². The number of rotatable bonds is 8. The maximum Gasteiger partial charge on any atom is 0.233 e. The molecule has 0 unspecified atom stereocenters. The molecule has 0 radical (unpaired) electrons. The first-order valence-electron chi connectivity index (χ1n) is 8.95. The fourth-order valence-electron chi connectivity index (χ4n) is 3.26. The highest BCUT2D eigenvalue weighted by Gasteiger charge is 2.33. The van der Waals surface area contributed by atoms with Crippen molar-refractivity contribution >= 4 is 17.7 Å². The molecule has 0 aliphatic carbocycles. The quantitative estimate of drug-likeness (QED) is 0.672. The summed E-state index contributed by atoms with van der Waals surface area (Å²) in [6.07, 6.45) is 0.733. The highest BCUT2D eigenvalue weighted by Crippen LogP contribution is 2.41. The Morgan fingerprint density at radius 2 is 1.50 bits per heavy atom. The highest BCUT2D eigenvalue weighted by atomic mass is 32.2. The molecule has 1 saturated heterocycles. The van der Waals surface area contributed by atoms with Crippen LogP contribution in [0.15, 0.2) is 36.4 Å². The predicted molar refractivity (Wildman–Crippen MR) is 110 cm³/mol. The van der Waals surface area contributed by atoms with Crippen LogP contribution in [0.4, 0.5) is 0 Å². The van der Waals surface area contributed by atoms with Gasteiger partial charge >= 0.3 is 0 Å². The van der Waals surface area contributed by atoms with Crippen molar-refractivity contribution in [1.29, 1.82) is 0 Å². The van der Waals surface area contributed by atoms with Gasteiger partial charge in [0.2, 0.25) is 5.91 Å². The van der Waals surface area contributed by atoms with Crippen molar-refractivity contribution in [2.45, 2.75) is 11.8 Å². The summed E-state index contributed by atoms with van der Waals surface area (Å²) >= 11 is 1.63. The summed E-state index contributed by atoms with van der Waals surface area (Å²) in [5, 5.41) is -0.0348. The Kier molecular flexibility index (Phi) is 6.57. The van der Waals surface area contributed by atoms with Crippen LogP contribution in [0, 0.1) is 0 Å². The van der Waals surface area contributed by atoms with Gasteiger partial charge in [0.15, 0.2) is 23.0 Å². The maximum atomic E-state index is 12.5. The van der Waals surface area contributed by atoms with Crippen LogP contribution in [0.3, 0.4) is 0 Å². The molecule has 0 N–H and O–H groups in total. The lowest BCUT2D eigenvalue weighted by Gasteiger charge is -2.25. The van der Waals surface area contributed by atoms with Gasteiger partial charge in [0.1, 0.15) is 5.37 Å². The molecule has 2 aromatic carbocycles. The van der Waals surface area contributed by atoms with Crippen molar-refractivity contribution in [2.75, 3.05) is 40.7 Å². The zero-order valence-corrected chi connectivity index (χ0v) is 17.4. The van der Waals surface area contributed by atoms with Crippen LogP contribution in [-0.4, -0.2) is 51.5 Å². The second-order valence-corrected chi connectivity index (χ2v) is 7.37. The summed E-state index contributed by atoms with van der Waals surface area (Å²) in [4.78, 5) is 14.4. The third-order valence-electron chi connectivity index (χ3n) is 4.75. The van der Waals surface area contributed by atoms with Crippen LogP contribution >= 0.6 is 11.8 Å². The van der Waals surface area contributed by atoms with Crippen molar-refractivity contribution in [3.63, 3.8) is 0 Å². The topological polar surface area (TPSA) is 57.2 Å². The first-order valence-corrected chi connectivity index (χ1v) is 10.00. The molecule has 3 rings (SSSR count). The van der Waals surface area contributed by atoms with E-state index in [9.17, 15) is 4.79 Å². The Bertz CT molecular complexity index is 842. The van der Waals surface area contributed by atoms with Crippen molar-refractivity contribution in [3.8, 4) is 23.0 Å². The number of ether oxygens (including phenoxy) is 4. The van der Waals surface area contributed by atoms with E-state index in [4.69, 9.17) is 18.9 Å². The van der Waals surface area contributed by atoms with Gasteiger partial charge in [0, 0.05) is 6.54 Å². The van der Waals surface area contributed by atoms with Crippen molar-refractivity contribution in [1.82, 2.24) is 4.90 Å². The molecule has 150 valence electrons. The summed E-state index contributed by atoms with van der Waals surface area (Å²) in [7, 11) is 6.46. The Hall–Kier alpha value is -2.54. The van der Waals surface area contributed by atoms with E-state index < -0.39 is 0 Å². The van der Waals surface area contributed by atoms with Crippen molar-refractivity contribution in [2.24, 2.45) is 0 Å². The number of nitrogens with zero attached hydrogens (tertiary/aromatic N) is 1. The number of methoxy groups -OCH3 is 4. The molecule has 1 fully saturated rings. The molecule has 1 atom stereocenters. The Morgan fingerprint density at radius 1 is 0.893 bits per heavy atom. The molecule has 7 heteroatoms. The number of benzene rings is 2. The van der Waals surface area contributed by atoms with Gasteiger partial charge in [-0.3, -0.25) is 4.79 Å². The van der Waals surface area contributed by atoms with Gasteiger partial charge in [-0.05, 0) is 41.8 Å². The molecule has 6 nitrogen and oxygen atoms in total. The third kappa shape index (κ3) is 4.14. The number of hydrogen-bond donors (Lipinski definition) is 0. The molecule has 1 heterocycles. The van der Waals surface area contributed by atoms with Crippen LogP contribution in [0.1, 0.15) is 16.5 Å². The van der Waals surface area contributed by atoms with Crippen LogP contribution in [0.5, 0.6) is 23.0 Å². The molecule has 1 amide bonds. The molecule has 0 spiro atoms. The molecular formula is C21H25NO5S. The van der Waals surface area contributed by atoms with E-state index in [1.54, 1.807) is 40.2 Å². The van der Waals surface area contributed by atoms with Crippen LogP contribution in [0.25, 0.3) is 0 Å². The molecule has 28 heavy (non-hydrogen) atoms. The fourth-order valence-corrected chi connectivity index (χ4v) is 4.47. The summed E-state index contributed by atoms with van der Waals surface area (Å²) in [6, 6.07) is 11.7. The second kappa shape index (κ2) is 9.10. The monoisotopic (exact) mass is 403 g/mol. The van der Waals surface area contributed by atoms with Gasteiger partial charge in [-0.1, -0.05) is 12.1 Å². The number of carbonyl (C=O) groups excluding carboxylic acids is 1. The molecule has 0 bridgehead atoms. The Balaban J connectivity index is 1.76. The van der Waals surface area contributed by atoms with E-state index >= 15 is 0 Å². The minimum absolute atomic E-state index is 0.0348. The zero-order valence-electron chi connectivity index (χ0n) is 16.6. The Morgan fingerprint density at radius 3 is 2.14 bits per heavy atom. The zero-order chi connectivity index (χ0) is 20.1. The number of thioether (sulfide) groups is 1. The number of carbonyl (C=O) groups is 1. The first-order chi connectivity index (χ1) is 13.6. The molecule has 2 aromatic rings. The SMILES string of the molecule is COc1ccc(CCN2C(=O)CS[C@@H]2c2ccc(OC)c(OC)c2)cc1OC. The van der Waals surface area contributed by atoms with Crippen LogP contribution < -0.4 is 18.9 Å². The minimum Gasteiger partial charge on any atom is -0.493 e. The lowest BCUT2D eigenvalue weighted by molar-refractivity contribution is -0.128. The number of amides is 1. The average molecular weight is 404 g/mol. The second-order valence-electron chi connectivity index (χ2n) is 6.30. The van der Waals surface area contributed by atoms with Crippen LogP contribution in [0.2, 0.25) is 0 Å². The van der Waals surface area contributed by atoms with Crippen molar-refractivity contribution in [3.05, 3.63) is 47.5 Å². The summed E-state index contributed by atoms with van der Waals surface area (Å²) < 4.78 is 21.4. The van der Waals surface area contributed by atoms with Gasteiger partial charge in [0.05, 0.1) is 34.2 Å². The van der Waals surface area contributed by atoms with Gasteiger partial charge in [-0.25, -0.2) is 0 Å². The normalized spacial score (nSPS) is 16.2. The Labute approximate surface area is 169 Å². The summed E-state index contributed by atoms with van der Waals surface area (Å²) in [6.45, 7) is 0.625. The minimum atomic E-state index is -0.0348. The highest BCUT2D eigenvalue weighted by molar-refractivity contribution is 8.00. The van der Waals surface area contributed by atoms with Gasteiger partial charge < -0.3 is 23.8 Å². The lowest BCUT2D eigenvalue weighted by atomic mass is 10.1. The van der Waals surface area contributed by atoms with E-state index in [1.165, 1.54) is 0 Å². The largest absolute Gasteiger partial charge is 0.493 e. The first kappa shape index (κ1) is 20.2. The molecular weight excluding hydrogens is 378 g/mol. The van der Waals surface area contributed by atoms with E-state index in [0.717, 1.165) is 17.5 Å². The van der Waals surface area contributed by atoms with Gasteiger partial charge in [0.25, 0.3) is 0 Å². The predicted octanol–water partition coefficient (Wildman–Crippen LogP) is 3.54. The average Bonchev–Trinajstić information content (AvgIpc) is 3.11. The lowest BCUT2D eigenvalue weighted by Crippen LogP contribution is -2.30. The number of hydrogen-bond acceptors (Lipinski definition) is 6. The van der Waals surface area contributed by atoms with Gasteiger partial charge in [-0.15, -0.1) is 11.8 Å². The molecule has 0 saturated carbocycles. The molecule has 0 aromatic heterocycles. The summed E-state index contributed by atoms with van der Waals surface area (Å²) in [5.41, 5.74) is 2.12. The standard InChI is InChI=1S/C21H25NO5S/c1-24-16-7-5-14(11-18(16)26-3)9-10-22-20(23)13-28-21(22)15-6-8-17(25-2)19(12-15)27-4/h5-8,11-12,21H,9-10,13H2,1-4H3/t21-/m1/s1. The van der Waals surface area contributed by atoms with E-state index in [-0.39, 0.29) is 11.3 Å². The smallest absolute Gasteiger partial charge is 0.233 e. The van der Waals surface area contributed by atoms with E-state index in [0.29, 0.717) is 35.3 Å².